The number of rotatable bonds is 8. The fourth-order valence-corrected chi connectivity index (χ4v) is 6.96. The third-order valence-corrected chi connectivity index (χ3v) is 8.92. The van der Waals surface area contributed by atoms with Crippen LogP contribution >= 0.6 is 0 Å². The zero-order valence-corrected chi connectivity index (χ0v) is 22.3. The van der Waals surface area contributed by atoms with E-state index in [1.54, 1.807) is 19.1 Å². The van der Waals surface area contributed by atoms with Crippen molar-refractivity contribution in [1.29, 1.82) is 0 Å². The second kappa shape index (κ2) is 10.2. The molecule has 3 aromatic carbocycles. The average Bonchev–Trinajstić information content (AvgIpc) is 2.86. The second-order valence-electron chi connectivity index (χ2n) is 10.2. The summed E-state index contributed by atoms with van der Waals surface area (Å²) in [4.78, 5) is 12.1. The zero-order chi connectivity index (χ0) is 28.8. The second-order valence-corrected chi connectivity index (χ2v) is 12.1. The molecule has 0 saturated heterocycles. The van der Waals surface area contributed by atoms with Crippen LogP contribution in [-0.2, 0) is 14.8 Å². The first-order valence-corrected chi connectivity index (χ1v) is 13.9. The van der Waals surface area contributed by atoms with Crippen molar-refractivity contribution in [2.45, 2.75) is 43.8 Å². The van der Waals surface area contributed by atoms with Crippen molar-refractivity contribution < 1.29 is 41.0 Å². The molecular formula is C29H26F3NO6S. The molecule has 1 N–H and O–H groups in total. The lowest BCUT2D eigenvalue weighted by Crippen LogP contribution is -2.49. The largest absolute Gasteiger partial charge is 0.486 e. The van der Waals surface area contributed by atoms with E-state index < -0.39 is 39.9 Å². The number of aryl methyl sites for hydroxylation is 1. The summed E-state index contributed by atoms with van der Waals surface area (Å²) in [5.74, 6) is -2.00. The summed E-state index contributed by atoms with van der Waals surface area (Å²) in [6.07, 6.45) is -0.148. The lowest BCUT2D eigenvalue weighted by Gasteiger charge is -2.44. The fourth-order valence-electron chi connectivity index (χ4n) is 5.35. The van der Waals surface area contributed by atoms with Crippen molar-refractivity contribution in [3.05, 3.63) is 84.2 Å². The van der Waals surface area contributed by atoms with Crippen molar-refractivity contribution in [3.8, 4) is 22.6 Å². The highest BCUT2D eigenvalue weighted by Crippen LogP contribution is 2.50. The Balaban J connectivity index is 1.58. The number of alkyl halides is 2. The van der Waals surface area contributed by atoms with Gasteiger partial charge in [-0.05, 0) is 72.9 Å². The number of benzene rings is 3. The van der Waals surface area contributed by atoms with E-state index in [-0.39, 0.29) is 53.5 Å². The summed E-state index contributed by atoms with van der Waals surface area (Å²) in [5.41, 5.74) is 1.10. The Morgan fingerprint density at radius 2 is 1.90 bits per heavy atom. The van der Waals surface area contributed by atoms with Crippen LogP contribution in [0.3, 0.4) is 0 Å². The number of carboxylic acids is 1. The topological polar surface area (TPSA) is 93.1 Å². The Hall–Kier alpha value is -3.99. The van der Waals surface area contributed by atoms with E-state index in [0.717, 1.165) is 27.6 Å². The van der Waals surface area contributed by atoms with Crippen LogP contribution in [0.4, 0.5) is 18.9 Å². The number of hydrogen-bond donors (Lipinski definition) is 1. The minimum atomic E-state index is -4.15. The van der Waals surface area contributed by atoms with E-state index in [2.05, 4.69) is 11.3 Å². The molecule has 1 aliphatic heterocycles. The average molecular weight is 574 g/mol. The molecule has 5 rings (SSSR count). The van der Waals surface area contributed by atoms with Crippen molar-refractivity contribution in [3.63, 3.8) is 0 Å². The molecule has 1 aliphatic carbocycles. The van der Waals surface area contributed by atoms with Gasteiger partial charge in [-0.15, -0.1) is 0 Å². The number of sulfonamides is 1. The molecule has 3 aromatic rings. The van der Waals surface area contributed by atoms with Crippen LogP contribution in [0.15, 0.2) is 77.7 Å². The molecule has 7 nitrogen and oxygen atoms in total. The van der Waals surface area contributed by atoms with Gasteiger partial charge in [0.2, 0.25) is 0 Å². The quantitative estimate of drug-likeness (QED) is 0.324. The highest BCUT2D eigenvalue weighted by Gasteiger charge is 2.50. The molecule has 0 spiro atoms. The van der Waals surface area contributed by atoms with E-state index in [9.17, 15) is 31.5 Å². The molecular weight excluding hydrogens is 547 g/mol. The molecule has 2 aliphatic rings. The molecule has 1 fully saturated rings. The molecule has 40 heavy (non-hydrogen) atoms. The van der Waals surface area contributed by atoms with Gasteiger partial charge in [0.1, 0.15) is 23.4 Å². The first-order valence-electron chi connectivity index (χ1n) is 12.4. The summed E-state index contributed by atoms with van der Waals surface area (Å²) in [6.45, 7) is 2.29. The normalized spacial score (nSPS) is 18.1. The van der Waals surface area contributed by atoms with Gasteiger partial charge in [-0.2, -0.15) is 8.78 Å². The Morgan fingerprint density at radius 1 is 1.15 bits per heavy atom. The first-order chi connectivity index (χ1) is 18.9. The smallest absolute Gasteiger partial charge is 0.387 e. The fraction of sp³-hybridized carbons (Fsp3) is 0.276. The van der Waals surface area contributed by atoms with Gasteiger partial charge in [0.05, 0.1) is 22.5 Å². The van der Waals surface area contributed by atoms with Gasteiger partial charge in [0.25, 0.3) is 10.0 Å². The maximum absolute atomic E-state index is 14.3. The summed E-state index contributed by atoms with van der Waals surface area (Å²) >= 11 is 0. The predicted molar refractivity (Wildman–Crippen MR) is 142 cm³/mol. The van der Waals surface area contributed by atoms with E-state index in [1.165, 1.54) is 36.4 Å². The van der Waals surface area contributed by atoms with Gasteiger partial charge >= 0.3 is 12.6 Å². The van der Waals surface area contributed by atoms with Crippen LogP contribution in [-0.4, -0.2) is 38.8 Å². The van der Waals surface area contributed by atoms with E-state index >= 15 is 0 Å². The van der Waals surface area contributed by atoms with E-state index in [4.69, 9.17) is 4.74 Å². The number of allylic oxidation sites excluding steroid dienone is 1. The Morgan fingerprint density at radius 3 is 2.55 bits per heavy atom. The van der Waals surface area contributed by atoms with Crippen LogP contribution in [0, 0.1) is 18.2 Å². The van der Waals surface area contributed by atoms with E-state index in [1.807, 2.05) is 0 Å². The van der Waals surface area contributed by atoms with Crippen molar-refractivity contribution in [2.24, 2.45) is 5.41 Å². The third kappa shape index (κ3) is 5.25. The molecule has 1 saturated carbocycles. The number of carboxylic acid groups (broad SMARTS) is 1. The van der Waals surface area contributed by atoms with Crippen molar-refractivity contribution >= 4 is 21.7 Å². The highest BCUT2D eigenvalue weighted by molar-refractivity contribution is 7.92. The number of nitrogens with zero attached hydrogens (tertiary/aromatic N) is 1. The molecule has 11 heteroatoms. The number of halogens is 3. The van der Waals surface area contributed by atoms with Crippen molar-refractivity contribution in [1.82, 2.24) is 0 Å². The molecule has 0 bridgehead atoms. The Bertz CT molecular complexity index is 1600. The molecule has 210 valence electrons. The number of anilines is 1. The van der Waals surface area contributed by atoms with Crippen LogP contribution in [0.5, 0.6) is 11.5 Å². The number of fused-ring (bicyclic) bond motifs is 1. The molecule has 0 amide bonds. The summed E-state index contributed by atoms with van der Waals surface area (Å²) < 4.78 is 79.3. The Kier molecular flexibility index (Phi) is 7.03. The molecule has 1 heterocycles. The lowest BCUT2D eigenvalue weighted by molar-refractivity contribution is -0.153. The third-order valence-electron chi connectivity index (χ3n) is 7.15. The molecule has 0 radical (unpaired) electrons. The zero-order valence-electron chi connectivity index (χ0n) is 21.4. The number of aliphatic carboxylic acids is 1. The molecule has 1 atom stereocenters. The van der Waals surface area contributed by atoms with Gasteiger partial charge in [-0.3, -0.25) is 9.10 Å². The van der Waals surface area contributed by atoms with Crippen LogP contribution in [0.2, 0.25) is 0 Å². The number of hydrogen-bond acceptors (Lipinski definition) is 5. The van der Waals surface area contributed by atoms with Gasteiger partial charge in [0, 0.05) is 12.5 Å². The van der Waals surface area contributed by atoms with Gasteiger partial charge in [0.15, 0.2) is 0 Å². The summed E-state index contributed by atoms with van der Waals surface area (Å²) in [5, 5.41) is 9.91. The standard InChI is InChI=1S/C29H26F3NO6S/c1-17-4-3-5-24(8-17)40(36,37)33-16-23(15-29(27(34)35)13-18(2)14-29)38-26-7-6-19(11-25(26)33)20-9-21(30)12-22(10-20)39-28(31)32/h3-12,23,28H,2,13-16H2,1H3,(H,34,35)/t23-/m0/s1. The minimum absolute atomic E-state index is 0.0350. The van der Waals surface area contributed by atoms with Crippen LogP contribution < -0.4 is 13.8 Å². The number of carbonyl (C=O) groups is 1. The van der Waals surface area contributed by atoms with Gasteiger partial charge in [-0.25, -0.2) is 12.8 Å². The Labute approximate surface area is 229 Å². The molecule has 0 aromatic heterocycles. The number of ether oxygens (including phenoxy) is 2. The maximum atomic E-state index is 14.3. The summed E-state index contributed by atoms with van der Waals surface area (Å²) in [7, 11) is -4.15. The molecule has 0 unspecified atom stereocenters. The van der Waals surface area contributed by atoms with E-state index in [0.29, 0.717) is 5.56 Å². The maximum Gasteiger partial charge on any atom is 0.387 e. The van der Waals surface area contributed by atoms with Gasteiger partial charge < -0.3 is 14.6 Å². The predicted octanol–water partition coefficient (Wildman–Crippen LogP) is 6.17. The summed E-state index contributed by atoms with van der Waals surface area (Å²) in [6, 6.07) is 14.0. The highest BCUT2D eigenvalue weighted by atomic mass is 32.2. The van der Waals surface area contributed by atoms with Crippen LogP contribution in [0.1, 0.15) is 24.8 Å². The minimum Gasteiger partial charge on any atom is -0.486 e. The first kappa shape index (κ1) is 27.6. The van der Waals surface area contributed by atoms with Crippen molar-refractivity contribution in [2.75, 3.05) is 10.8 Å². The van der Waals surface area contributed by atoms with Crippen LogP contribution in [0.25, 0.3) is 11.1 Å². The monoisotopic (exact) mass is 573 g/mol. The lowest BCUT2D eigenvalue weighted by atomic mass is 9.63. The SMILES string of the molecule is C=C1CC(C[C@H]2CN(S(=O)(=O)c3cccc(C)c3)c3cc(-c4cc(F)cc(OC(F)F)c4)ccc3O2)(C(=O)O)C1. The van der Waals surface area contributed by atoms with Gasteiger partial charge in [-0.1, -0.05) is 30.4 Å².